The number of imidazole rings is 1. The van der Waals surface area contributed by atoms with Gasteiger partial charge >= 0.3 is 0 Å². The molecule has 0 atom stereocenters. The van der Waals surface area contributed by atoms with E-state index in [9.17, 15) is 10.1 Å². The lowest BCUT2D eigenvalue weighted by Gasteiger charge is -2.12. The second kappa shape index (κ2) is 7.55. The zero-order chi connectivity index (χ0) is 17.8. The molecule has 0 fully saturated rings. The van der Waals surface area contributed by atoms with Crippen LogP contribution in [0.2, 0.25) is 5.02 Å². The first-order valence-electron chi connectivity index (χ1n) is 7.42. The highest BCUT2D eigenvalue weighted by Gasteiger charge is 2.16. The minimum atomic E-state index is -0.406. The van der Waals surface area contributed by atoms with Gasteiger partial charge in [0.05, 0.1) is 16.8 Å². The lowest BCUT2D eigenvalue weighted by atomic mass is 10.1. The molecule has 0 saturated carbocycles. The van der Waals surface area contributed by atoms with Crippen LogP contribution in [0.5, 0.6) is 0 Å². The lowest BCUT2D eigenvalue weighted by molar-refractivity contribution is -0.384. The fraction of sp³-hybridized carbons (Fsp3) is 0.0556. The van der Waals surface area contributed by atoms with Crippen LogP contribution in [-0.4, -0.2) is 20.2 Å². The van der Waals surface area contributed by atoms with Gasteiger partial charge in [-0.05, 0) is 18.2 Å². The van der Waals surface area contributed by atoms with Crippen molar-refractivity contribution in [3.8, 4) is 16.9 Å². The molecule has 0 N–H and O–H groups in total. The highest BCUT2D eigenvalue weighted by molar-refractivity contribution is 7.99. The fourth-order valence-electron chi connectivity index (χ4n) is 2.42. The van der Waals surface area contributed by atoms with Gasteiger partial charge in [0.25, 0.3) is 5.69 Å². The zero-order valence-corrected chi connectivity index (χ0v) is 14.7. The summed E-state index contributed by atoms with van der Waals surface area (Å²) >= 11 is 7.67. The van der Waals surface area contributed by atoms with Crippen LogP contribution in [0.15, 0.2) is 72.5 Å². The van der Waals surface area contributed by atoms with E-state index in [1.54, 1.807) is 30.5 Å². The van der Waals surface area contributed by atoms with Crippen LogP contribution < -0.4 is 0 Å². The van der Waals surface area contributed by atoms with Crippen molar-refractivity contribution in [1.29, 1.82) is 0 Å². The molecular formula is C18H14ClN3O2S. The van der Waals surface area contributed by atoms with E-state index in [4.69, 9.17) is 11.6 Å². The Balaban J connectivity index is 2.17. The Morgan fingerprint density at radius 1 is 1.28 bits per heavy atom. The molecule has 0 aliphatic heterocycles. The van der Waals surface area contributed by atoms with Gasteiger partial charge < -0.3 is 0 Å². The number of nitro groups is 1. The Morgan fingerprint density at radius 2 is 2.08 bits per heavy atom. The second-order valence-corrected chi connectivity index (χ2v) is 6.57. The van der Waals surface area contributed by atoms with Gasteiger partial charge in [0.2, 0.25) is 0 Å². The fourth-order valence-corrected chi connectivity index (χ4v) is 3.33. The molecule has 5 nitrogen and oxygen atoms in total. The van der Waals surface area contributed by atoms with Crippen LogP contribution >= 0.6 is 23.4 Å². The lowest BCUT2D eigenvalue weighted by Crippen LogP contribution is -1.99. The Kier molecular flexibility index (Phi) is 5.21. The van der Waals surface area contributed by atoms with Crippen LogP contribution in [0.3, 0.4) is 0 Å². The average Bonchev–Trinajstić information content (AvgIpc) is 3.04. The van der Waals surface area contributed by atoms with Gasteiger partial charge in [0.1, 0.15) is 0 Å². The highest BCUT2D eigenvalue weighted by atomic mass is 35.5. The van der Waals surface area contributed by atoms with Crippen molar-refractivity contribution < 1.29 is 4.92 Å². The molecule has 126 valence electrons. The zero-order valence-electron chi connectivity index (χ0n) is 13.1. The molecule has 25 heavy (non-hydrogen) atoms. The standard InChI is InChI=1S/C18H14ClN3O2S/c1-2-9-25-18-20-12-17(13-5-3-8-16(10-13)22(23)24)21(18)15-7-4-6-14(19)11-15/h2-8,10-12H,1,9H2. The summed E-state index contributed by atoms with van der Waals surface area (Å²) in [5.74, 6) is 0.700. The van der Waals surface area contributed by atoms with Gasteiger partial charge in [-0.25, -0.2) is 4.98 Å². The van der Waals surface area contributed by atoms with E-state index in [1.165, 1.54) is 17.8 Å². The van der Waals surface area contributed by atoms with Gasteiger partial charge in [-0.15, -0.1) is 6.58 Å². The largest absolute Gasteiger partial charge is 0.287 e. The Morgan fingerprint density at radius 3 is 2.80 bits per heavy atom. The molecule has 0 unspecified atom stereocenters. The maximum atomic E-state index is 11.1. The van der Waals surface area contributed by atoms with Gasteiger partial charge in [0, 0.05) is 34.2 Å². The Bertz CT molecular complexity index is 940. The SMILES string of the molecule is C=CCSc1ncc(-c2cccc([N+](=O)[O-])c2)n1-c1cccc(Cl)c1. The smallest absolute Gasteiger partial charge is 0.270 e. The first kappa shape index (κ1) is 17.3. The van der Waals surface area contributed by atoms with Crippen molar-refractivity contribution in [3.05, 3.63) is 82.5 Å². The molecule has 0 radical (unpaired) electrons. The number of nitro benzene ring substituents is 1. The first-order chi connectivity index (χ1) is 12.1. The summed E-state index contributed by atoms with van der Waals surface area (Å²) < 4.78 is 1.94. The molecule has 0 amide bonds. The monoisotopic (exact) mass is 371 g/mol. The number of rotatable bonds is 6. The molecule has 1 heterocycles. The quantitative estimate of drug-likeness (QED) is 0.252. The molecule has 3 aromatic rings. The van der Waals surface area contributed by atoms with Gasteiger partial charge in [-0.1, -0.05) is 47.6 Å². The number of thioether (sulfide) groups is 1. The number of non-ortho nitro benzene ring substituents is 1. The number of nitrogens with zero attached hydrogens (tertiary/aromatic N) is 3. The van der Waals surface area contributed by atoms with Crippen LogP contribution in [-0.2, 0) is 0 Å². The summed E-state index contributed by atoms with van der Waals surface area (Å²) in [5, 5.41) is 12.5. The topological polar surface area (TPSA) is 61.0 Å². The van der Waals surface area contributed by atoms with E-state index in [1.807, 2.05) is 28.8 Å². The van der Waals surface area contributed by atoms with Crippen LogP contribution in [0, 0.1) is 10.1 Å². The third kappa shape index (κ3) is 3.75. The highest BCUT2D eigenvalue weighted by Crippen LogP contribution is 2.32. The van der Waals surface area contributed by atoms with Crippen molar-refractivity contribution in [1.82, 2.24) is 9.55 Å². The second-order valence-electron chi connectivity index (χ2n) is 5.15. The van der Waals surface area contributed by atoms with E-state index in [-0.39, 0.29) is 5.69 Å². The molecular weight excluding hydrogens is 358 g/mol. The maximum Gasteiger partial charge on any atom is 0.270 e. The molecule has 1 aromatic heterocycles. The van der Waals surface area contributed by atoms with E-state index >= 15 is 0 Å². The first-order valence-corrected chi connectivity index (χ1v) is 8.78. The summed E-state index contributed by atoms with van der Waals surface area (Å²) in [6.07, 6.45) is 3.51. The van der Waals surface area contributed by atoms with Crippen molar-refractivity contribution in [3.63, 3.8) is 0 Å². The molecule has 7 heteroatoms. The van der Waals surface area contributed by atoms with Crippen LogP contribution in [0.1, 0.15) is 0 Å². The minimum Gasteiger partial charge on any atom is -0.287 e. The molecule has 0 aliphatic carbocycles. The van der Waals surface area contributed by atoms with E-state index < -0.39 is 4.92 Å². The van der Waals surface area contributed by atoms with Crippen molar-refractivity contribution in [2.45, 2.75) is 5.16 Å². The number of halogens is 1. The third-order valence-corrected chi connectivity index (χ3v) is 4.66. The van der Waals surface area contributed by atoms with Crippen molar-refractivity contribution in [2.75, 3.05) is 5.75 Å². The Hall–Kier alpha value is -2.57. The minimum absolute atomic E-state index is 0.0386. The molecule has 0 aliphatic rings. The molecule has 0 bridgehead atoms. The number of hydrogen-bond donors (Lipinski definition) is 0. The van der Waals surface area contributed by atoms with E-state index in [0.717, 1.165) is 16.5 Å². The summed E-state index contributed by atoms with van der Waals surface area (Å²) in [6, 6.07) is 13.9. The molecule has 2 aromatic carbocycles. The molecule has 0 saturated heterocycles. The third-order valence-electron chi connectivity index (χ3n) is 3.48. The normalized spacial score (nSPS) is 10.6. The van der Waals surface area contributed by atoms with Crippen molar-refractivity contribution >= 4 is 29.1 Å². The maximum absolute atomic E-state index is 11.1. The van der Waals surface area contributed by atoms with E-state index in [0.29, 0.717) is 16.3 Å². The van der Waals surface area contributed by atoms with Crippen LogP contribution in [0.4, 0.5) is 5.69 Å². The number of hydrogen-bond acceptors (Lipinski definition) is 4. The molecule has 3 rings (SSSR count). The number of aromatic nitrogens is 2. The van der Waals surface area contributed by atoms with Crippen molar-refractivity contribution in [2.24, 2.45) is 0 Å². The summed E-state index contributed by atoms with van der Waals surface area (Å²) in [5.41, 5.74) is 2.36. The van der Waals surface area contributed by atoms with Gasteiger partial charge in [-0.2, -0.15) is 0 Å². The van der Waals surface area contributed by atoms with Crippen LogP contribution in [0.25, 0.3) is 16.9 Å². The average molecular weight is 372 g/mol. The van der Waals surface area contributed by atoms with E-state index in [2.05, 4.69) is 11.6 Å². The summed E-state index contributed by atoms with van der Waals surface area (Å²) in [7, 11) is 0. The predicted octanol–water partition coefficient (Wildman–Crippen LogP) is 5.38. The summed E-state index contributed by atoms with van der Waals surface area (Å²) in [6.45, 7) is 3.73. The van der Waals surface area contributed by atoms with Gasteiger partial charge in [-0.3, -0.25) is 14.7 Å². The Labute approximate surface area is 154 Å². The van der Waals surface area contributed by atoms with Gasteiger partial charge in [0.15, 0.2) is 5.16 Å². The molecule has 0 spiro atoms. The predicted molar refractivity (Wildman–Crippen MR) is 102 cm³/mol. The number of benzene rings is 2. The summed E-state index contributed by atoms with van der Waals surface area (Å²) in [4.78, 5) is 15.2.